The number of fused-ring (bicyclic) bond motifs is 2. The molecule has 1 aromatic heterocycles. The highest BCUT2D eigenvalue weighted by Crippen LogP contribution is 2.31. The smallest absolute Gasteiger partial charge is 0.222 e. The van der Waals surface area contributed by atoms with Gasteiger partial charge in [0.25, 0.3) is 0 Å². The fraction of sp³-hybridized carbons (Fsp3) is 0.538. The lowest BCUT2D eigenvalue weighted by Crippen LogP contribution is -2.55. The maximum Gasteiger partial charge on any atom is 0.222 e. The van der Waals surface area contributed by atoms with Crippen LogP contribution in [0.3, 0.4) is 0 Å². The number of likely N-dealkylation sites (N-methyl/N-ethyl adjacent to an activating group) is 1. The summed E-state index contributed by atoms with van der Waals surface area (Å²) in [6.45, 7) is 5.22. The third-order valence-corrected chi connectivity index (χ3v) is 6.92. The second kappa shape index (κ2) is 10.9. The van der Waals surface area contributed by atoms with Crippen molar-refractivity contribution in [3.63, 3.8) is 0 Å². The molecule has 2 bridgehead atoms. The Morgan fingerprint density at radius 3 is 2.81 bits per heavy atom. The molecule has 2 saturated heterocycles. The van der Waals surface area contributed by atoms with E-state index in [-0.39, 0.29) is 5.91 Å². The lowest BCUT2D eigenvalue weighted by atomic mass is 9.79. The second-order valence-corrected chi connectivity index (χ2v) is 9.38. The highest BCUT2D eigenvalue weighted by Gasteiger charge is 2.36. The molecular weight excluding hydrogens is 384 g/mol. The van der Waals surface area contributed by atoms with Crippen molar-refractivity contribution in [2.24, 2.45) is 11.8 Å². The minimum absolute atomic E-state index is 0.270. The molecule has 166 valence electrons. The topological polar surface area (TPSA) is 48.5 Å². The van der Waals surface area contributed by atoms with E-state index in [1.54, 1.807) is 0 Å². The first-order valence-corrected chi connectivity index (χ1v) is 11.8. The van der Waals surface area contributed by atoms with Crippen molar-refractivity contribution < 1.29 is 4.79 Å². The van der Waals surface area contributed by atoms with E-state index < -0.39 is 0 Å². The molecule has 4 rings (SSSR count). The standard InChI is InChI=1S/C26H36N4O/c1-29(14-12-21-7-3-2-4-8-21)26(31)11-5-10-25-24-15-23(17-28-25)19-30(20-24)18-22-9-6-13-27-16-22/h2-4,6-9,13,16,23-25,28H,5,10-12,14-15,17-20H2,1H3/t23-,24-,25+/m0/s1. The summed E-state index contributed by atoms with van der Waals surface area (Å²) in [5.74, 6) is 1.71. The normalized spacial score (nSPS) is 23.5. The van der Waals surface area contributed by atoms with E-state index in [9.17, 15) is 4.79 Å². The molecule has 0 unspecified atom stereocenters. The second-order valence-electron chi connectivity index (χ2n) is 9.38. The number of hydrogen-bond donors (Lipinski definition) is 1. The van der Waals surface area contributed by atoms with Gasteiger partial charge >= 0.3 is 0 Å². The molecule has 0 spiro atoms. The lowest BCUT2D eigenvalue weighted by molar-refractivity contribution is -0.130. The molecule has 2 fully saturated rings. The molecule has 0 aliphatic carbocycles. The van der Waals surface area contributed by atoms with Gasteiger partial charge in [-0.1, -0.05) is 36.4 Å². The Morgan fingerprint density at radius 1 is 1.16 bits per heavy atom. The molecule has 1 amide bonds. The highest BCUT2D eigenvalue weighted by molar-refractivity contribution is 5.75. The van der Waals surface area contributed by atoms with Crippen LogP contribution in [0.2, 0.25) is 0 Å². The van der Waals surface area contributed by atoms with Crippen LogP contribution in [0.25, 0.3) is 0 Å². The zero-order valence-corrected chi connectivity index (χ0v) is 18.7. The molecule has 1 aromatic carbocycles. The predicted molar refractivity (Wildman–Crippen MR) is 125 cm³/mol. The Bertz CT molecular complexity index is 813. The molecule has 3 atom stereocenters. The number of likely N-dealkylation sites (tertiary alicyclic amines) is 1. The van der Waals surface area contributed by atoms with Gasteiger partial charge in [-0.05, 0) is 61.3 Å². The largest absolute Gasteiger partial charge is 0.345 e. The quantitative estimate of drug-likeness (QED) is 0.676. The number of rotatable bonds is 9. The van der Waals surface area contributed by atoms with Gasteiger partial charge in [-0.15, -0.1) is 0 Å². The highest BCUT2D eigenvalue weighted by atomic mass is 16.2. The Balaban J connectivity index is 1.19. The number of aromatic nitrogens is 1. The van der Waals surface area contributed by atoms with Crippen LogP contribution in [-0.4, -0.2) is 60.0 Å². The minimum atomic E-state index is 0.270. The number of nitrogens with zero attached hydrogens (tertiary/aromatic N) is 3. The van der Waals surface area contributed by atoms with E-state index in [1.807, 2.05) is 36.5 Å². The third-order valence-electron chi connectivity index (χ3n) is 6.92. The van der Waals surface area contributed by atoms with Crippen molar-refractivity contribution in [1.82, 2.24) is 20.1 Å². The molecule has 31 heavy (non-hydrogen) atoms. The fourth-order valence-electron chi connectivity index (χ4n) is 5.22. The van der Waals surface area contributed by atoms with Crippen LogP contribution in [0.1, 0.15) is 36.8 Å². The van der Waals surface area contributed by atoms with Crippen LogP contribution in [0, 0.1) is 11.8 Å². The van der Waals surface area contributed by atoms with Gasteiger partial charge < -0.3 is 10.2 Å². The van der Waals surface area contributed by atoms with Crippen molar-refractivity contribution in [3.05, 3.63) is 66.0 Å². The summed E-state index contributed by atoms with van der Waals surface area (Å²) in [6.07, 6.45) is 8.79. The minimum Gasteiger partial charge on any atom is -0.345 e. The zero-order valence-electron chi connectivity index (χ0n) is 18.7. The molecule has 0 saturated carbocycles. The number of carbonyl (C=O) groups excluding carboxylic acids is 1. The predicted octanol–water partition coefficient (Wildman–Crippen LogP) is 3.36. The molecule has 2 aliphatic heterocycles. The van der Waals surface area contributed by atoms with Gasteiger partial charge in [0.05, 0.1) is 0 Å². The summed E-state index contributed by atoms with van der Waals surface area (Å²) in [6, 6.07) is 15.1. The molecule has 2 aliphatic rings. The van der Waals surface area contributed by atoms with Crippen molar-refractivity contribution in [1.29, 1.82) is 0 Å². The number of carbonyl (C=O) groups is 1. The van der Waals surface area contributed by atoms with Crippen LogP contribution in [0.5, 0.6) is 0 Å². The van der Waals surface area contributed by atoms with E-state index in [4.69, 9.17) is 0 Å². The van der Waals surface area contributed by atoms with E-state index in [1.165, 1.54) is 24.1 Å². The molecule has 5 nitrogen and oxygen atoms in total. The van der Waals surface area contributed by atoms with Gasteiger partial charge in [0.15, 0.2) is 0 Å². The van der Waals surface area contributed by atoms with Crippen LogP contribution < -0.4 is 5.32 Å². The molecule has 1 N–H and O–H groups in total. The Morgan fingerprint density at radius 2 is 2.00 bits per heavy atom. The summed E-state index contributed by atoms with van der Waals surface area (Å²) in [7, 11) is 1.94. The average molecular weight is 421 g/mol. The number of nitrogens with one attached hydrogen (secondary N) is 1. The number of amides is 1. The Kier molecular flexibility index (Phi) is 7.71. The first kappa shape index (κ1) is 22.0. The number of pyridine rings is 1. The van der Waals surface area contributed by atoms with Gasteiger partial charge in [0.2, 0.25) is 5.91 Å². The van der Waals surface area contributed by atoms with Gasteiger partial charge in [0.1, 0.15) is 0 Å². The van der Waals surface area contributed by atoms with Crippen molar-refractivity contribution in [3.8, 4) is 0 Å². The number of piperidine rings is 2. The molecule has 0 radical (unpaired) electrons. The van der Waals surface area contributed by atoms with Crippen molar-refractivity contribution in [2.45, 2.75) is 44.7 Å². The maximum absolute atomic E-state index is 12.6. The van der Waals surface area contributed by atoms with Crippen LogP contribution in [-0.2, 0) is 17.8 Å². The van der Waals surface area contributed by atoms with E-state index in [0.29, 0.717) is 18.4 Å². The third kappa shape index (κ3) is 6.37. The van der Waals surface area contributed by atoms with E-state index in [2.05, 4.69) is 45.5 Å². The van der Waals surface area contributed by atoms with Crippen LogP contribution in [0.15, 0.2) is 54.9 Å². The van der Waals surface area contributed by atoms with Gasteiger partial charge in [-0.3, -0.25) is 14.7 Å². The van der Waals surface area contributed by atoms with Gasteiger partial charge in [-0.25, -0.2) is 0 Å². The average Bonchev–Trinajstić information content (AvgIpc) is 2.80. The van der Waals surface area contributed by atoms with E-state index in [0.717, 1.165) is 51.4 Å². The Labute approximate surface area is 186 Å². The van der Waals surface area contributed by atoms with Crippen LogP contribution >= 0.6 is 0 Å². The molecule has 5 heteroatoms. The van der Waals surface area contributed by atoms with Crippen LogP contribution in [0.4, 0.5) is 0 Å². The van der Waals surface area contributed by atoms with Crippen molar-refractivity contribution >= 4 is 5.91 Å². The zero-order chi connectivity index (χ0) is 21.5. The maximum atomic E-state index is 12.6. The Hall–Kier alpha value is -2.24. The number of hydrogen-bond acceptors (Lipinski definition) is 4. The number of benzene rings is 1. The summed E-state index contributed by atoms with van der Waals surface area (Å²) in [5.41, 5.74) is 2.59. The van der Waals surface area contributed by atoms with Gasteiger partial charge in [-0.2, -0.15) is 0 Å². The van der Waals surface area contributed by atoms with Crippen molar-refractivity contribution in [2.75, 3.05) is 33.2 Å². The summed E-state index contributed by atoms with van der Waals surface area (Å²) < 4.78 is 0. The SMILES string of the molecule is CN(CCc1ccccc1)C(=O)CCC[C@H]1NC[C@@H]2C[C@H]1CN(Cc1cccnc1)C2. The monoisotopic (exact) mass is 420 g/mol. The molecule has 2 aromatic rings. The first-order valence-electron chi connectivity index (χ1n) is 11.8. The first-order chi connectivity index (χ1) is 15.2. The summed E-state index contributed by atoms with van der Waals surface area (Å²) in [5, 5.41) is 3.79. The van der Waals surface area contributed by atoms with E-state index >= 15 is 0 Å². The van der Waals surface area contributed by atoms with Gasteiger partial charge in [0, 0.05) is 58.1 Å². The lowest BCUT2D eigenvalue weighted by Gasteiger charge is -2.46. The summed E-state index contributed by atoms with van der Waals surface area (Å²) in [4.78, 5) is 21.3. The molecular formula is C26H36N4O. The molecule has 3 heterocycles. The summed E-state index contributed by atoms with van der Waals surface area (Å²) >= 11 is 0. The fourth-order valence-corrected chi connectivity index (χ4v) is 5.22.